The summed E-state index contributed by atoms with van der Waals surface area (Å²) in [4.78, 5) is 2.07. The van der Waals surface area contributed by atoms with Crippen molar-refractivity contribution in [3.63, 3.8) is 0 Å². The van der Waals surface area contributed by atoms with Crippen LogP contribution < -0.4 is 4.74 Å². The van der Waals surface area contributed by atoms with Gasteiger partial charge in [0.05, 0.1) is 6.61 Å². The minimum absolute atomic E-state index is 0.308. The average Bonchev–Trinajstić information content (AvgIpc) is 2.17. The Hall–Kier alpha value is -0.610. The second-order valence-corrected chi connectivity index (χ2v) is 4.50. The Morgan fingerprint density at radius 1 is 1.40 bits per heavy atom. The summed E-state index contributed by atoms with van der Waals surface area (Å²) in [6.45, 7) is 1.47. The van der Waals surface area contributed by atoms with Gasteiger partial charge in [0.2, 0.25) is 0 Å². The fourth-order valence-corrected chi connectivity index (χ4v) is 1.49. The van der Waals surface area contributed by atoms with Crippen LogP contribution in [0.25, 0.3) is 0 Å². The lowest BCUT2D eigenvalue weighted by Gasteiger charge is -2.10. The van der Waals surface area contributed by atoms with Crippen LogP contribution in [0.15, 0.2) is 22.7 Å². The molecule has 1 rings (SSSR count). The molecule has 0 aliphatic rings. The van der Waals surface area contributed by atoms with Crippen molar-refractivity contribution in [2.45, 2.75) is 6.42 Å². The molecule has 0 aliphatic carbocycles. The van der Waals surface area contributed by atoms with Crippen molar-refractivity contribution in [1.82, 2.24) is 4.90 Å². The van der Waals surface area contributed by atoms with E-state index in [1.54, 1.807) is 12.1 Å². The van der Waals surface area contributed by atoms with Crippen molar-refractivity contribution in [2.75, 3.05) is 27.2 Å². The van der Waals surface area contributed by atoms with Crippen LogP contribution in [0.4, 0.5) is 4.39 Å². The number of benzene rings is 1. The summed E-state index contributed by atoms with van der Waals surface area (Å²) in [5, 5.41) is 0. The summed E-state index contributed by atoms with van der Waals surface area (Å²) in [6.07, 6.45) is 0.888. The van der Waals surface area contributed by atoms with E-state index in [-0.39, 0.29) is 5.82 Å². The van der Waals surface area contributed by atoms with E-state index < -0.39 is 0 Å². The van der Waals surface area contributed by atoms with Crippen LogP contribution >= 0.6 is 15.9 Å². The topological polar surface area (TPSA) is 12.5 Å². The predicted octanol–water partition coefficient (Wildman–Crippen LogP) is 2.92. The van der Waals surface area contributed by atoms with E-state index >= 15 is 0 Å². The van der Waals surface area contributed by atoms with Gasteiger partial charge in [-0.1, -0.05) is 15.9 Å². The first-order valence-corrected chi connectivity index (χ1v) is 5.61. The molecule has 0 radical (unpaired) electrons. The monoisotopic (exact) mass is 275 g/mol. The van der Waals surface area contributed by atoms with E-state index in [2.05, 4.69) is 20.8 Å². The maximum Gasteiger partial charge on any atom is 0.165 e. The number of halogens is 2. The summed E-state index contributed by atoms with van der Waals surface area (Å²) in [5.41, 5.74) is 0. The largest absolute Gasteiger partial charge is 0.490 e. The maximum atomic E-state index is 13.2. The molecule has 0 fully saturated rings. The molecule has 84 valence electrons. The van der Waals surface area contributed by atoms with E-state index in [9.17, 15) is 4.39 Å². The van der Waals surface area contributed by atoms with Crippen LogP contribution in [0.2, 0.25) is 0 Å². The van der Waals surface area contributed by atoms with Crippen molar-refractivity contribution in [2.24, 2.45) is 0 Å². The quantitative estimate of drug-likeness (QED) is 0.767. The highest BCUT2D eigenvalue weighted by Crippen LogP contribution is 2.22. The number of nitrogens with zero attached hydrogens (tertiary/aromatic N) is 1. The zero-order valence-corrected chi connectivity index (χ0v) is 10.6. The van der Waals surface area contributed by atoms with Crippen LogP contribution in [0.1, 0.15) is 6.42 Å². The molecule has 0 N–H and O–H groups in total. The summed E-state index contributed by atoms with van der Waals surface area (Å²) < 4.78 is 19.4. The number of ether oxygens (including phenoxy) is 1. The number of hydrogen-bond donors (Lipinski definition) is 0. The second-order valence-electron chi connectivity index (χ2n) is 3.58. The molecule has 0 unspecified atom stereocenters. The Labute approximate surface area is 98.2 Å². The molecule has 1 aromatic rings. The van der Waals surface area contributed by atoms with E-state index in [1.165, 1.54) is 6.07 Å². The average molecular weight is 276 g/mol. The third-order valence-electron chi connectivity index (χ3n) is 1.90. The van der Waals surface area contributed by atoms with Gasteiger partial charge in [0.1, 0.15) is 0 Å². The molecule has 0 atom stereocenters. The van der Waals surface area contributed by atoms with E-state index in [4.69, 9.17) is 4.74 Å². The molecule has 0 aliphatic heterocycles. The molecule has 2 nitrogen and oxygen atoms in total. The molecule has 15 heavy (non-hydrogen) atoms. The van der Waals surface area contributed by atoms with Gasteiger partial charge in [-0.15, -0.1) is 0 Å². The first-order valence-electron chi connectivity index (χ1n) is 4.82. The summed E-state index contributed by atoms with van der Waals surface area (Å²) in [5.74, 6) is -0.00816. The van der Waals surface area contributed by atoms with Gasteiger partial charge in [0.15, 0.2) is 11.6 Å². The van der Waals surface area contributed by atoms with Gasteiger partial charge in [-0.3, -0.25) is 0 Å². The van der Waals surface area contributed by atoms with Crippen LogP contribution in [0.3, 0.4) is 0 Å². The van der Waals surface area contributed by atoms with Gasteiger partial charge in [-0.2, -0.15) is 0 Å². The Morgan fingerprint density at radius 2 is 2.13 bits per heavy atom. The Balaban J connectivity index is 2.40. The summed E-state index contributed by atoms with van der Waals surface area (Å²) in [6, 6.07) is 4.69. The van der Waals surface area contributed by atoms with Crippen molar-refractivity contribution < 1.29 is 9.13 Å². The van der Waals surface area contributed by atoms with Crippen LogP contribution in [-0.2, 0) is 0 Å². The minimum atomic E-state index is -0.317. The van der Waals surface area contributed by atoms with E-state index in [0.29, 0.717) is 12.4 Å². The van der Waals surface area contributed by atoms with Gasteiger partial charge in [0, 0.05) is 11.0 Å². The Morgan fingerprint density at radius 3 is 2.80 bits per heavy atom. The molecule has 0 aromatic heterocycles. The van der Waals surface area contributed by atoms with Gasteiger partial charge >= 0.3 is 0 Å². The normalized spacial score (nSPS) is 10.7. The maximum absolute atomic E-state index is 13.2. The molecule has 0 bridgehead atoms. The number of hydrogen-bond acceptors (Lipinski definition) is 2. The highest BCUT2D eigenvalue weighted by atomic mass is 79.9. The third kappa shape index (κ3) is 4.62. The molecule has 0 saturated heterocycles. The van der Waals surface area contributed by atoms with Crippen molar-refractivity contribution >= 4 is 15.9 Å². The van der Waals surface area contributed by atoms with E-state index in [0.717, 1.165) is 17.4 Å². The fraction of sp³-hybridized carbons (Fsp3) is 0.455. The van der Waals surface area contributed by atoms with Crippen molar-refractivity contribution in [1.29, 1.82) is 0 Å². The SMILES string of the molecule is CN(C)CCCOc1cc(Br)ccc1F. The van der Waals surface area contributed by atoms with Crippen LogP contribution in [0.5, 0.6) is 5.75 Å². The second kappa shape index (κ2) is 6.08. The molecule has 0 amide bonds. The molecular formula is C11H15BrFNO. The van der Waals surface area contributed by atoms with Crippen molar-refractivity contribution in [3.05, 3.63) is 28.5 Å². The summed E-state index contributed by atoms with van der Waals surface area (Å²) >= 11 is 3.27. The first-order chi connectivity index (χ1) is 7.09. The highest BCUT2D eigenvalue weighted by Gasteiger charge is 2.03. The van der Waals surface area contributed by atoms with Gasteiger partial charge < -0.3 is 9.64 Å². The van der Waals surface area contributed by atoms with E-state index in [1.807, 2.05) is 14.1 Å². The molecule has 0 heterocycles. The smallest absolute Gasteiger partial charge is 0.165 e. The van der Waals surface area contributed by atoms with Gasteiger partial charge in [-0.05, 0) is 38.7 Å². The van der Waals surface area contributed by atoms with Crippen LogP contribution in [-0.4, -0.2) is 32.1 Å². The standard InChI is InChI=1S/C11H15BrFNO/c1-14(2)6-3-7-15-11-8-9(12)4-5-10(11)13/h4-5,8H,3,6-7H2,1-2H3. The molecule has 0 spiro atoms. The lowest BCUT2D eigenvalue weighted by molar-refractivity contribution is 0.271. The molecule has 0 saturated carbocycles. The number of rotatable bonds is 5. The lowest BCUT2D eigenvalue weighted by atomic mass is 10.3. The Bertz CT molecular complexity index is 317. The Kier molecular flexibility index (Phi) is 5.05. The van der Waals surface area contributed by atoms with Gasteiger partial charge in [0.25, 0.3) is 0 Å². The molecule has 4 heteroatoms. The highest BCUT2D eigenvalue weighted by molar-refractivity contribution is 9.10. The third-order valence-corrected chi connectivity index (χ3v) is 2.39. The summed E-state index contributed by atoms with van der Waals surface area (Å²) in [7, 11) is 4.00. The lowest BCUT2D eigenvalue weighted by Crippen LogP contribution is -2.15. The predicted molar refractivity (Wildman–Crippen MR) is 62.8 cm³/mol. The zero-order chi connectivity index (χ0) is 11.3. The minimum Gasteiger partial charge on any atom is -0.490 e. The first kappa shape index (κ1) is 12.5. The fourth-order valence-electron chi connectivity index (χ4n) is 1.15. The zero-order valence-electron chi connectivity index (χ0n) is 8.96. The van der Waals surface area contributed by atoms with Gasteiger partial charge in [-0.25, -0.2) is 4.39 Å². The molecular weight excluding hydrogens is 261 g/mol. The van der Waals surface area contributed by atoms with Crippen molar-refractivity contribution in [3.8, 4) is 5.75 Å². The van der Waals surface area contributed by atoms with Crippen LogP contribution in [0, 0.1) is 5.82 Å². The molecule has 1 aromatic carbocycles.